The molecule has 1 fully saturated rings. The third-order valence-corrected chi connectivity index (χ3v) is 7.30. The minimum Gasteiger partial charge on any atom is -0.493 e. The maximum absolute atomic E-state index is 12.6. The molecule has 1 aromatic heterocycles. The molecule has 1 saturated heterocycles. The molecule has 0 radical (unpaired) electrons. The van der Waals surface area contributed by atoms with Crippen LogP contribution in [-0.2, 0) is 14.6 Å². The van der Waals surface area contributed by atoms with Gasteiger partial charge in [-0.25, -0.2) is 13.4 Å². The summed E-state index contributed by atoms with van der Waals surface area (Å²) < 4.78 is 35.8. The number of para-hydroxylation sites is 3. The van der Waals surface area contributed by atoms with Gasteiger partial charge in [0.15, 0.2) is 33.1 Å². The fraction of sp³-hybridized carbons (Fsp3) is 0.333. The molecule has 2 heterocycles. The summed E-state index contributed by atoms with van der Waals surface area (Å²) in [6.07, 6.45) is 1.19. The first kappa shape index (κ1) is 21.4. The second-order valence-corrected chi connectivity index (χ2v) is 10.2. The molecule has 0 N–H and O–H groups in total. The number of hydrogen-bond donors (Lipinski definition) is 0. The molecular formula is C21H23N3O5S2. The molecular weight excluding hydrogens is 438 g/mol. The molecule has 1 aliphatic rings. The van der Waals surface area contributed by atoms with E-state index < -0.39 is 9.84 Å². The molecule has 0 spiro atoms. The zero-order chi connectivity index (χ0) is 22.0. The van der Waals surface area contributed by atoms with Crippen LogP contribution in [0, 0.1) is 0 Å². The van der Waals surface area contributed by atoms with Crippen molar-refractivity contribution in [3.8, 4) is 11.5 Å². The van der Waals surface area contributed by atoms with E-state index in [4.69, 9.17) is 9.47 Å². The molecule has 8 nitrogen and oxygen atoms in total. The minimum absolute atomic E-state index is 0.0563. The quantitative estimate of drug-likeness (QED) is 0.557. The Balaban J connectivity index is 1.39. The zero-order valence-corrected chi connectivity index (χ0v) is 18.9. The Morgan fingerprint density at radius 1 is 1.06 bits per heavy atom. The normalized spacial score (nSPS) is 14.6. The van der Waals surface area contributed by atoms with E-state index in [1.807, 2.05) is 18.2 Å². The van der Waals surface area contributed by atoms with Gasteiger partial charge in [0.2, 0.25) is 0 Å². The summed E-state index contributed by atoms with van der Waals surface area (Å²) in [5, 5.41) is 0.767. The number of benzene rings is 2. The number of amides is 1. The number of fused-ring (bicyclic) bond motifs is 1. The SMILES string of the molecule is COc1ccccc1OCC(=O)N1CCN(c2nc3c(S(C)(=O)=O)cccc3s2)CC1. The molecule has 0 bridgehead atoms. The number of hydrogen-bond acceptors (Lipinski definition) is 8. The van der Waals surface area contributed by atoms with Gasteiger partial charge in [-0.05, 0) is 24.3 Å². The van der Waals surface area contributed by atoms with Crippen molar-refractivity contribution in [2.24, 2.45) is 0 Å². The fourth-order valence-electron chi connectivity index (χ4n) is 3.46. The van der Waals surface area contributed by atoms with Crippen molar-refractivity contribution < 1.29 is 22.7 Å². The Kier molecular flexibility index (Phi) is 6.01. The van der Waals surface area contributed by atoms with Gasteiger partial charge in [0.05, 0.1) is 16.7 Å². The van der Waals surface area contributed by atoms with Gasteiger partial charge in [0, 0.05) is 32.4 Å². The molecule has 1 aliphatic heterocycles. The molecule has 0 aliphatic carbocycles. The first-order valence-electron chi connectivity index (χ1n) is 9.75. The Hall–Kier alpha value is -2.85. The van der Waals surface area contributed by atoms with Crippen LogP contribution in [0.25, 0.3) is 10.2 Å². The van der Waals surface area contributed by atoms with E-state index in [-0.39, 0.29) is 17.4 Å². The smallest absolute Gasteiger partial charge is 0.260 e. The van der Waals surface area contributed by atoms with Crippen LogP contribution in [0.1, 0.15) is 0 Å². The number of sulfone groups is 1. The van der Waals surface area contributed by atoms with Gasteiger partial charge < -0.3 is 19.3 Å². The monoisotopic (exact) mass is 461 g/mol. The highest BCUT2D eigenvalue weighted by Gasteiger charge is 2.25. The van der Waals surface area contributed by atoms with Crippen molar-refractivity contribution in [1.29, 1.82) is 0 Å². The summed E-state index contributed by atoms with van der Waals surface area (Å²) in [5.74, 6) is 1.03. The molecule has 31 heavy (non-hydrogen) atoms. The standard InChI is InChI=1S/C21H23N3O5S2/c1-28-15-6-3-4-7-16(15)29-14-19(25)23-10-12-24(13-11-23)21-22-20-17(30-21)8-5-9-18(20)31(2,26)27/h3-9H,10-14H2,1-2H3. The van der Waals surface area contributed by atoms with Gasteiger partial charge in [-0.1, -0.05) is 29.5 Å². The lowest BCUT2D eigenvalue weighted by molar-refractivity contribution is -0.133. The summed E-state index contributed by atoms with van der Waals surface area (Å²) in [6, 6.07) is 12.4. The highest BCUT2D eigenvalue weighted by atomic mass is 32.2. The van der Waals surface area contributed by atoms with Crippen LogP contribution in [0.4, 0.5) is 5.13 Å². The van der Waals surface area contributed by atoms with Crippen LogP contribution in [0.15, 0.2) is 47.4 Å². The number of carbonyl (C=O) groups excluding carboxylic acids is 1. The van der Waals surface area contributed by atoms with Crippen LogP contribution in [0.5, 0.6) is 11.5 Å². The second-order valence-electron chi connectivity index (χ2n) is 7.18. The highest BCUT2D eigenvalue weighted by molar-refractivity contribution is 7.91. The molecule has 0 saturated carbocycles. The van der Waals surface area contributed by atoms with Crippen molar-refractivity contribution in [1.82, 2.24) is 9.88 Å². The molecule has 0 atom stereocenters. The van der Waals surface area contributed by atoms with E-state index in [0.29, 0.717) is 43.2 Å². The van der Waals surface area contributed by atoms with Crippen molar-refractivity contribution in [2.75, 3.05) is 51.1 Å². The van der Waals surface area contributed by atoms with Crippen molar-refractivity contribution in [3.05, 3.63) is 42.5 Å². The number of aromatic nitrogens is 1. The van der Waals surface area contributed by atoms with Gasteiger partial charge in [0.25, 0.3) is 5.91 Å². The lowest BCUT2D eigenvalue weighted by Gasteiger charge is -2.34. The topological polar surface area (TPSA) is 89.0 Å². The molecule has 2 aromatic carbocycles. The largest absolute Gasteiger partial charge is 0.493 e. The maximum Gasteiger partial charge on any atom is 0.260 e. The number of rotatable bonds is 6. The number of ether oxygens (including phenoxy) is 2. The molecule has 164 valence electrons. The summed E-state index contributed by atoms with van der Waals surface area (Å²) in [4.78, 5) is 21.3. The summed E-state index contributed by atoms with van der Waals surface area (Å²) in [5.41, 5.74) is 0.508. The number of nitrogens with zero attached hydrogens (tertiary/aromatic N) is 3. The Morgan fingerprint density at radius 2 is 1.77 bits per heavy atom. The number of carbonyl (C=O) groups is 1. The van der Waals surface area contributed by atoms with Crippen molar-refractivity contribution in [2.45, 2.75) is 4.90 Å². The Morgan fingerprint density at radius 3 is 2.45 bits per heavy atom. The first-order chi connectivity index (χ1) is 14.9. The first-order valence-corrected chi connectivity index (χ1v) is 12.5. The highest BCUT2D eigenvalue weighted by Crippen LogP contribution is 2.33. The maximum atomic E-state index is 12.6. The predicted molar refractivity (Wildman–Crippen MR) is 120 cm³/mol. The van der Waals surface area contributed by atoms with Crippen LogP contribution in [0.3, 0.4) is 0 Å². The lowest BCUT2D eigenvalue weighted by Crippen LogP contribution is -2.50. The Bertz CT molecular complexity index is 1200. The number of thiazole rings is 1. The summed E-state index contributed by atoms with van der Waals surface area (Å²) >= 11 is 1.46. The summed E-state index contributed by atoms with van der Waals surface area (Å²) in [7, 11) is -1.79. The molecule has 3 aromatic rings. The summed E-state index contributed by atoms with van der Waals surface area (Å²) in [6.45, 7) is 2.27. The number of anilines is 1. The molecule has 4 rings (SSSR count). The number of methoxy groups -OCH3 is 1. The average molecular weight is 462 g/mol. The van der Waals surface area contributed by atoms with Gasteiger partial charge >= 0.3 is 0 Å². The third-order valence-electron chi connectivity index (χ3n) is 5.09. The lowest BCUT2D eigenvalue weighted by atomic mass is 10.3. The fourth-order valence-corrected chi connectivity index (χ4v) is 5.40. The van der Waals surface area contributed by atoms with Crippen LogP contribution in [0.2, 0.25) is 0 Å². The van der Waals surface area contributed by atoms with E-state index in [0.717, 1.165) is 9.83 Å². The van der Waals surface area contributed by atoms with Crippen molar-refractivity contribution >= 4 is 42.4 Å². The van der Waals surface area contributed by atoms with E-state index in [2.05, 4.69) is 9.88 Å². The van der Waals surface area contributed by atoms with Gasteiger partial charge in [-0.2, -0.15) is 0 Å². The van der Waals surface area contributed by atoms with E-state index in [9.17, 15) is 13.2 Å². The predicted octanol–water partition coefficient (Wildman–Crippen LogP) is 2.44. The zero-order valence-electron chi connectivity index (χ0n) is 17.3. The van der Waals surface area contributed by atoms with Gasteiger partial charge in [0.1, 0.15) is 5.52 Å². The minimum atomic E-state index is -3.35. The second kappa shape index (κ2) is 8.72. The number of piperazine rings is 1. The van der Waals surface area contributed by atoms with Gasteiger partial charge in [-0.15, -0.1) is 0 Å². The Labute approximate surface area is 184 Å². The van der Waals surface area contributed by atoms with Crippen LogP contribution < -0.4 is 14.4 Å². The third kappa shape index (κ3) is 4.59. The average Bonchev–Trinajstić information content (AvgIpc) is 3.21. The van der Waals surface area contributed by atoms with Crippen molar-refractivity contribution in [3.63, 3.8) is 0 Å². The van der Waals surface area contributed by atoms with E-state index in [1.54, 1.807) is 36.3 Å². The molecule has 1 amide bonds. The molecule has 10 heteroatoms. The van der Waals surface area contributed by atoms with E-state index >= 15 is 0 Å². The molecule has 0 unspecified atom stereocenters. The van der Waals surface area contributed by atoms with Gasteiger partial charge in [-0.3, -0.25) is 4.79 Å². The van der Waals surface area contributed by atoms with Crippen LogP contribution in [-0.4, -0.2) is 70.4 Å². The van der Waals surface area contributed by atoms with Crippen LogP contribution >= 0.6 is 11.3 Å². The van der Waals surface area contributed by atoms with E-state index in [1.165, 1.54) is 17.6 Å².